The van der Waals surface area contributed by atoms with Gasteiger partial charge in [0.2, 0.25) is 0 Å². The van der Waals surface area contributed by atoms with Crippen LogP contribution in [0.3, 0.4) is 0 Å². The van der Waals surface area contributed by atoms with Crippen LogP contribution in [0, 0.1) is 13.8 Å². The maximum atomic E-state index is 12.6. The molecule has 0 saturated carbocycles. The molecule has 4 rings (SSSR count). The van der Waals surface area contributed by atoms with Crippen LogP contribution in [0.4, 0.5) is 5.69 Å². The Morgan fingerprint density at radius 2 is 1.96 bits per heavy atom. The molecule has 0 spiro atoms. The number of nitrogens with zero attached hydrogens (tertiary/aromatic N) is 2. The van der Waals surface area contributed by atoms with Gasteiger partial charge in [-0.1, -0.05) is 18.2 Å². The predicted molar refractivity (Wildman–Crippen MR) is 107 cm³/mol. The number of aryl methyl sites for hydroxylation is 1. The maximum absolute atomic E-state index is 12.6. The number of ketones is 1. The first kappa shape index (κ1) is 17.7. The Morgan fingerprint density at radius 1 is 1.18 bits per heavy atom. The van der Waals surface area contributed by atoms with Crippen molar-refractivity contribution in [3.05, 3.63) is 77.1 Å². The lowest BCUT2D eigenvalue weighted by atomic mass is 10.1. The van der Waals surface area contributed by atoms with Crippen molar-refractivity contribution in [3.63, 3.8) is 0 Å². The van der Waals surface area contributed by atoms with Crippen molar-refractivity contribution < 1.29 is 14.3 Å². The van der Waals surface area contributed by atoms with E-state index in [1.807, 2.05) is 48.9 Å². The number of aromatic nitrogens is 2. The Balaban J connectivity index is 1.60. The molecule has 140 valence electrons. The number of ether oxygens (including phenoxy) is 1. The molecule has 0 unspecified atom stereocenters. The number of nitrogens with one attached hydrogen (secondary N) is 1. The standard InChI is InChI=1S/C22H19N3O3/c1-14-18(15(2)25(24-14)17-6-4-3-5-7-17)9-10-20(26)16-8-11-21-19(12-16)23-22(27)13-28-21/h3-12H,13H2,1-2H3,(H,23,27)/b10-9+. The quantitative estimate of drug-likeness (QED) is 0.559. The molecule has 1 aliphatic rings. The number of para-hydroxylation sites is 1. The van der Waals surface area contributed by atoms with Crippen LogP contribution >= 0.6 is 0 Å². The van der Waals surface area contributed by atoms with Crippen molar-refractivity contribution >= 4 is 23.5 Å². The highest BCUT2D eigenvalue weighted by molar-refractivity contribution is 6.08. The third-order valence-corrected chi connectivity index (χ3v) is 4.65. The summed E-state index contributed by atoms with van der Waals surface area (Å²) in [4.78, 5) is 24.1. The highest BCUT2D eigenvalue weighted by Crippen LogP contribution is 2.29. The van der Waals surface area contributed by atoms with E-state index < -0.39 is 0 Å². The molecule has 1 aliphatic heterocycles. The lowest BCUT2D eigenvalue weighted by Crippen LogP contribution is -2.25. The Morgan fingerprint density at radius 3 is 2.75 bits per heavy atom. The number of carbonyl (C=O) groups excluding carboxylic acids is 2. The van der Waals surface area contributed by atoms with Crippen LogP contribution in [0.2, 0.25) is 0 Å². The molecular formula is C22H19N3O3. The van der Waals surface area contributed by atoms with Gasteiger partial charge in [-0.3, -0.25) is 9.59 Å². The summed E-state index contributed by atoms with van der Waals surface area (Å²) in [5, 5.41) is 7.30. The molecule has 0 atom stereocenters. The zero-order valence-corrected chi connectivity index (χ0v) is 15.6. The minimum Gasteiger partial charge on any atom is -0.482 e. The van der Waals surface area contributed by atoms with E-state index in [2.05, 4.69) is 10.4 Å². The van der Waals surface area contributed by atoms with E-state index in [0.29, 0.717) is 17.0 Å². The number of rotatable bonds is 4. The van der Waals surface area contributed by atoms with Gasteiger partial charge in [-0.2, -0.15) is 5.10 Å². The van der Waals surface area contributed by atoms with E-state index in [9.17, 15) is 9.59 Å². The number of anilines is 1. The summed E-state index contributed by atoms with van der Waals surface area (Å²) in [6, 6.07) is 14.9. The number of amides is 1. The minimum atomic E-state index is -0.229. The smallest absolute Gasteiger partial charge is 0.262 e. The molecule has 1 amide bonds. The van der Waals surface area contributed by atoms with Crippen molar-refractivity contribution in [2.24, 2.45) is 0 Å². The lowest BCUT2D eigenvalue weighted by molar-refractivity contribution is -0.118. The lowest BCUT2D eigenvalue weighted by Gasteiger charge is -2.17. The molecule has 0 bridgehead atoms. The molecule has 2 heterocycles. The second-order valence-electron chi connectivity index (χ2n) is 6.58. The van der Waals surface area contributed by atoms with Gasteiger partial charge in [0.15, 0.2) is 12.4 Å². The summed E-state index contributed by atoms with van der Waals surface area (Å²) in [6.45, 7) is 3.88. The summed E-state index contributed by atoms with van der Waals surface area (Å²) in [7, 11) is 0. The van der Waals surface area contributed by atoms with Crippen LogP contribution in [0.5, 0.6) is 5.75 Å². The molecular weight excluding hydrogens is 354 g/mol. The Bertz CT molecular complexity index is 1100. The van der Waals surface area contributed by atoms with Gasteiger partial charge in [-0.25, -0.2) is 4.68 Å². The van der Waals surface area contributed by atoms with Gasteiger partial charge in [0, 0.05) is 16.8 Å². The second kappa shape index (κ2) is 7.15. The first-order chi connectivity index (χ1) is 13.5. The Hall–Kier alpha value is -3.67. The van der Waals surface area contributed by atoms with Crippen molar-refractivity contribution in [3.8, 4) is 11.4 Å². The molecule has 28 heavy (non-hydrogen) atoms. The summed E-state index contributed by atoms with van der Waals surface area (Å²) >= 11 is 0. The Kier molecular flexibility index (Phi) is 4.53. The summed E-state index contributed by atoms with van der Waals surface area (Å²) in [5.41, 5.74) is 4.67. The van der Waals surface area contributed by atoms with E-state index in [-0.39, 0.29) is 18.3 Å². The number of hydrogen-bond acceptors (Lipinski definition) is 4. The SMILES string of the molecule is Cc1nn(-c2ccccc2)c(C)c1/C=C/C(=O)c1ccc2c(c1)NC(=O)CO2. The van der Waals surface area contributed by atoms with Crippen LogP contribution in [0.1, 0.15) is 27.3 Å². The molecule has 1 N–H and O–H groups in total. The van der Waals surface area contributed by atoms with Crippen LogP contribution in [-0.4, -0.2) is 28.1 Å². The topological polar surface area (TPSA) is 73.2 Å². The fourth-order valence-corrected chi connectivity index (χ4v) is 3.21. The van der Waals surface area contributed by atoms with Crippen molar-refractivity contribution in [1.82, 2.24) is 9.78 Å². The highest BCUT2D eigenvalue weighted by Gasteiger charge is 2.17. The number of allylic oxidation sites excluding steroid dienone is 1. The van der Waals surface area contributed by atoms with E-state index in [4.69, 9.17) is 4.74 Å². The van der Waals surface area contributed by atoms with E-state index in [0.717, 1.165) is 22.6 Å². The molecule has 0 saturated heterocycles. The fourth-order valence-electron chi connectivity index (χ4n) is 3.21. The molecule has 2 aromatic carbocycles. The van der Waals surface area contributed by atoms with Crippen LogP contribution in [-0.2, 0) is 4.79 Å². The average molecular weight is 373 g/mol. The van der Waals surface area contributed by atoms with Crippen LogP contribution in [0.25, 0.3) is 11.8 Å². The maximum Gasteiger partial charge on any atom is 0.262 e. The van der Waals surface area contributed by atoms with Crippen molar-refractivity contribution in [2.75, 3.05) is 11.9 Å². The van der Waals surface area contributed by atoms with Crippen molar-refractivity contribution in [1.29, 1.82) is 0 Å². The second-order valence-corrected chi connectivity index (χ2v) is 6.58. The number of benzene rings is 2. The Labute approximate surface area is 162 Å². The number of carbonyl (C=O) groups is 2. The number of hydrogen-bond donors (Lipinski definition) is 1. The zero-order valence-electron chi connectivity index (χ0n) is 15.6. The van der Waals surface area contributed by atoms with Crippen LogP contribution in [0.15, 0.2) is 54.6 Å². The number of fused-ring (bicyclic) bond motifs is 1. The molecule has 1 aromatic heterocycles. The third kappa shape index (κ3) is 3.32. The highest BCUT2D eigenvalue weighted by atomic mass is 16.5. The minimum absolute atomic E-state index is 0.00977. The van der Waals surface area contributed by atoms with Gasteiger partial charge in [-0.05, 0) is 56.3 Å². The summed E-state index contributed by atoms with van der Waals surface area (Å²) < 4.78 is 7.19. The van der Waals surface area contributed by atoms with Gasteiger partial charge in [0.05, 0.1) is 17.1 Å². The van der Waals surface area contributed by atoms with E-state index in [1.165, 1.54) is 6.08 Å². The van der Waals surface area contributed by atoms with E-state index in [1.54, 1.807) is 24.3 Å². The monoisotopic (exact) mass is 373 g/mol. The van der Waals surface area contributed by atoms with Crippen LogP contribution < -0.4 is 10.1 Å². The molecule has 6 nitrogen and oxygen atoms in total. The molecule has 6 heteroatoms. The summed E-state index contributed by atoms with van der Waals surface area (Å²) in [5.74, 6) is 0.178. The first-order valence-electron chi connectivity index (χ1n) is 8.93. The van der Waals surface area contributed by atoms with Gasteiger partial charge < -0.3 is 10.1 Å². The van der Waals surface area contributed by atoms with Crippen molar-refractivity contribution in [2.45, 2.75) is 13.8 Å². The normalized spacial score (nSPS) is 13.1. The average Bonchev–Trinajstić information content (AvgIpc) is 2.99. The first-order valence-corrected chi connectivity index (χ1v) is 8.93. The predicted octanol–water partition coefficient (Wildman–Crippen LogP) is 3.72. The van der Waals surface area contributed by atoms with Gasteiger partial charge in [0.25, 0.3) is 5.91 Å². The summed E-state index contributed by atoms with van der Waals surface area (Å²) in [6.07, 6.45) is 3.31. The largest absolute Gasteiger partial charge is 0.482 e. The van der Waals surface area contributed by atoms with E-state index >= 15 is 0 Å². The third-order valence-electron chi connectivity index (χ3n) is 4.65. The molecule has 0 radical (unpaired) electrons. The molecule has 3 aromatic rings. The zero-order chi connectivity index (χ0) is 19.7. The molecule has 0 aliphatic carbocycles. The van der Waals surface area contributed by atoms with Gasteiger partial charge in [0.1, 0.15) is 5.75 Å². The van der Waals surface area contributed by atoms with Gasteiger partial charge >= 0.3 is 0 Å². The van der Waals surface area contributed by atoms with Gasteiger partial charge in [-0.15, -0.1) is 0 Å². The molecule has 0 fully saturated rings. The fraction of sp³-hybridized carbons (Fsp3) is 0.136.